The number of para-hydroxylation sites is 2. The first kappa shape index (κ1) is 96.5. The van der Waals surface area contributed by atoms with E-state index in [1.165, 1.54) is 163 Å². The van der Waals surface area contributed by atoms with Crippen LogP contribution in [-0.2, 0) is 27.9 Å². The minimum atomic E-state index is -0.476. The number of rotatable bonds is 8. The molecule has 2 radical (unpaired) electrons. The number of fused-ring (bicyclic) bond motifs is 24. The lowest BCUT2D eigenvalue weighted by Crippen LogP contribution is -2.41. The molecule has 3 aliphatic heterocycles. The Morgan fingerprint density at radius 2 is 0.517 bits per heavy atom. The molecule has 22 heteroatoms. The van der Waals surface area contributed by atoms with Crippen LogP contribution in [0.1, 0.15) is 84.5 Å². The summed E-state index contributed by atoms with van der Waals surface area (Å²) in [5.74, 6) is 0. The van der Waals surface area contributed by atoms with Crippen molar-refractivity contribution < 1.29 is 39.1 Å². The molecule has 0 spiro atoms. The monoisotopic (exact) mass is 2050 g/mol. The molecule has 15 nitrogen and oxygen atoms in total. The lowest BCUT2D eigenvalue weighted by atomic mass is 9.49. The first-order valence-corrected chi connectivity index (χ1v) is 52.7. The number of hydrogen-bond acceptors (Lipinski definition) is 10. The van der Waals surface area contributed by atoms with Crippen LogP contribution in [0.5, 0.6) is 0 Å². The molecule has 3 saturated heterocycles. The molecule has 0 amide bonds. The van der Waals surface area contributed by atoms with Gasteiger partial charge in [-0.05, 0) is 308 Å². The summed E-state index contributed by atoms with van der Waals surface area (Å²) in [6.07, 6.45) is 0. The number of nitro groups is 2. The number of benzene rings is 20. The third-order valence-corrected chi connectivity index (χ3v) is 34.5. The van der Waals surface area contributed by atoms with E-state index in [0.29, 0.717) is 10.0 Å². The molecule has 728 valence electrons. The molecule has 26 aromatic rings. The van der Waals surface area contributed by atoms with Crippen molar-refractivity contribution in [3.05, 3.63) is 424 Å². The number of nitro benzene ring substituents is 2. The number of aromatic nitrogens is 3. The lowest BCUT2D eigenvalue weighted by molar-refractivity contribution is -0.385. The van der Waals surface area contributed by atoms with Gasteiger partial charge in [-0.3, -0.25) is 20.2 Å². The van der Waals surface area contributed by atoms with Gasteiger partial charge in [0.1, 0.15) is 0 Å². The molecule has 0 aliphatic carbocycles. The summed E-state index contributed by atoms with van der Waals surface area (Å²) in [6.45, 7) is 24.7. The largest absolute Gasteiger partial charge is 0.494 e. The molecule has 0 atom stereocenters. The van der Waals surface area contributed by atoms with Gasteiger partial charge >= 0.3 is 21.1 Å². The van der Waals surface area contributed by atoms with Crippen LogP contribution in [0, 0.1) is 20.2 Å². The maximum Gasteiger partial charge on any atom is 0.494 e. The standard InChI is InChI=1S/C32H26BNO2.C32H18N2O2.C26H14ClN.C18H15P.C12H24B2O4.C6H4BrNO2.CH3B/c1-31(2)32(3,4)36-33(35-31)23-17-26-24-13-19-9-5-7-11-21(19)15-28(24)34-29-16-22-12-8-6-10-20(22)14-25(29)27(18-23)30(26)34;35-34(36)29-12-6-5-11-24(29)23-15-27-25-13-19-7-1-3-9-21(19)17-30(25)33-31-18-22-10-4-2-8-20(22)14-26(31)28(16-23)32(27)33;27-19-13-22-20-9-15-5-1-3-7-17(15)11-24(20)28-25-12-18-8-4-2-6-16(18)10-21(25)23(14-19)26(22)28;1-4-10-16(11-5-1)19(17-12-6-2-7-13-17)18-14-8-3-9-15-18;1-9(2)10(3,4)16-13(15-9)14-17-11(5,6)12(7,8)18-14;7-5-3-1-2-4-6(5)8(9)10;1-2/h5-18H,1-4H3;1-18H;1-14H;1-15H;1-8H3;1-4H;1H3/i;;;;;;1D. The summed E-state index contributed by atoms with van der Waals surface area (Å²) in [5.41, 5.74) is 11.5. The van der Waals surface area contributed by atoms with Gasteiger partial charge in [0.05, 0.1) is 111 Å². The minimum Gasteiger partial charge on any atom is -0.405 e. The molecule has 6 aromatic heterocycles. The van der Waals surface area contributed by atoms with Crippen molar-refractivity contribution in [2.75, 3.05) is 0 Å². The van der Waals surface area contributed by atoms with Crippen LogP contribution in [-0.4, -0.2) is 85.6 Å². The maximum atomic E-state index is 11.9. The summed E-state index contributed by atoms with van der Waals surface area (Å²) in [6, 6.07) is 138. The van der Waals surface area contributed by atoms with Crippen molar-refractivity contribution >= 4 is 276 Å². The smallest absolute Gasteiger partial charge is 0.405 e. The van der Waals surface area contributed by atoms with E-state index < -0.39 is 34.0 Å². The molecule has 0 saturated carbocycles. The highest BCUT2D eigenvalue weighted by atomic mass is 79.9. The molecular weight excluding hydrogens is 1950 g/mol. The Labute approximate surface area is 880 Å². The van der Waals surface area contributed by atoms with Crippen LogP contribution in [0.2, 0.25) is 11.8 Å². The van der Waals surface area contributed by atoms with Crippen molar-refractivity contribution in [3.63, 3.8) is 0 Å². The van der Waals surface area contributed by atoms with E-state index in [2.05, 4.69) is 410 Å². The van der Waals surface area contributed by atoms with Crippen LogP contribution in [0.4, 0.5) is 11.4 Å². The summed E-state index contributed by atoms with van der Waals surface area (Å²) in [5, 5.41) is 56.4. The van der Waals surface area contributed by atoms with Gasteiger partial charge in [0, 0.05) is 83.2 Å². The van der Waals surface area contributed by atoms with E-state index in [0.717, 1.165) is 54.1 Å². The van der Waals surface area contributed by atoms with Crippen molar-refractivity contribution in [3.8, 4) is 11.1 Å². The fraction of sp³-hybridized carbons (Fsp3) is 0.150. The Hall–Kier alpha value is -14.6. The van der Waals surface area contributed by atoms with Gasteiger partial charge in [0.15, 0.2) is 0 Å². The topological polar surface area (TPSA) is 155 Å². The molecule has 0 bridgehead atoms. The zero-order chi connectivity index (χ0) is 104. The van der Waals surface area contributed by atoms with E-state index >= 15 is 0 Å². The van der Waals surface area contributed by atoms with Gasteiger partial charge in [-0.1, -0.05) is 291 Å². The second kappa shape index (κ2) is 37.9. The Balaban J connectivity index is 0.000000102. The highest BCUT2D eigenvalue weighted by molar-refractivity contribution is 9.10. The minimum absolute atomic E-state index is 0. The molecule has 3 aliphatic rings. The van der Waals surface area contributed by atoms with Crippen molar-refractivity contribution in [2.45, 2.75) is 123 Å². The van der Waals surface area contributed by atoms with Gasteiger partial charge in [0.2, 0.25) is 0 Å². The fourth-order valence-corrected chi connectivity index (χ4v) is 24.6. The highest BCUT2D eigenvalue weighted by Gasteiger charge is 2.64. The zero-order valence-corrected chi connectivity index (χ0v) is 87.8. The van der Waals surface area contributed by atoms with Crippen molar-refractivity contribution in [2.24, 2.45) is 0 Å². The average molecular weight is 2050 g/mol. The van der Waals surface area contributed by atoms with Crippen LogP contribution in [0.3, 0.4) is 0 Å². The Morgan fingerprint density at radius 1 is 0.295 bits per heavy atom. The second-order valence-electron chi connectivity index (χ2n) is 41.7. The molecular formula is C127H104B4BrClN5O10P. The van der Waals surface area contributed by atoms with E-state index in [4.69, 9.17) is 40.9 Å². The first-order chi connectivity index (χ1) is 72.2. The van der Waals surface area contributed by atoms with Gasteiger partial charge in [0.25, 0.3) is 11.4 Å². The van der Waals surface area contributed by atoms with Gasteiger partial charge in [-0.2, -0.15) is 0 Å². The lowest BCUT2D eigenvalue weighted by Gasteiger charge is -2.32. The van der Waals surface area contributed by atoms with Crippen molar-refractivity contribution in [1.82, 2.24) is 13.2 Å². The first-order valence-electron chi connectivity index (χ1n) is 50.9. The van der Waals surface area contributed by atoms with Crippen LogP contribution in [0.25, 0.3) is 190 Å². The summed E-state index contributed by atoms with van der Waals surface area (Å²) in [7, 11) is 2.71. The molecule has 0 unspecified atom stereocenters. The number of hydrogen-bond donors (Lipinski definition) is 0. The third kappa shape index (κ3) is 17.2. The highest BCUT2D eigenvalue weighted by Crippen LogP contribution is 2.51. The summed E-state index contributed by atoms with van der Waals surface area (Å²) < 4.78 is 50.6. The third-order valence-electron chi connectivity index (χ3n) is 31.2. The van der Waals surface area contributed by atoms with E-state index in [9.17, 15) is 20.2 Å². The predicted octanol–water partition coefficient (Wildman–Crippen LogP) is 32.2. The second-order valence-corrected chi connectivity index (χ2v) is 45.2. The summed E-state index contributed by atoms with van der Waals surface area (Å²) in [4.78, 5) is 21.4. The average Bonchev–Trinajstić information content (AvgIpc) is 1.54. The van der Waals surface area contributed by atoms with E-state index in [1.54, 1.807) is 30.3 Å². The molecule has 0 N–H and O–H groups in total. The SMILES string of the molecule is CC1(C)OB(B2OC(C)(C)C(C)(C)O2)OC1(C)C.CC1(C)OB(c2cc3c4cc5ccccc5cc4n4c5cc6ccccc6cc5c(c2)c34)OC1(C)C.Clc1cc2c3cc4ccccc4cc3n3c4cc5ccccc5cc4c(c1)c23.O=[N+]([O-])c1ccccc1-c1cc2c3cc4ccccc4cc3n3c4cc5ccccc5cc4c(c1)c23.O=[N+]([O-])c1ccccc1Br.[2H]C[B].c1ccc(P(c2ccccc2)c2ccccc2)cc1. The zero-order valence-electron chi connectivity index (χ0n) is 85.6. The van der Waals surface area contributed by atoms with Gasteiger partial charge < -0.3 is 41.1 Å². The van der Waals surface area contributed by atoms with Gasteiger partial charge in [-0.15, -0.1) is 0 Å². The quantitative estimate of drug-likeness (QED) is 0.0621. The maximum absolute atomic E-state index is 11.9. The van der Waals surface area contributed by atoms with Gasteiger partial charge in [-0.25, -0.2) is 0 Å². The molecule has 149 heavy (non-hydrogen) atoms. The normalized spacial score (nSPS) is 15.5. The van der Waals surface area contributed by atoms with E-state index in [1.807, 2.05) is 67.5 Å². The van der Waals surface area contributed by atoms with E-state index in [-0.39, 0.29) is 56.7 Å². The number of nitrogens with zero attached hydrogens (tertiary/aromatic N) is 5. The Kier molecular flexibility index (Phi) is 24.5. The molecule has 29 rings (SSSR count). The molecule has 3 fully saturated rings. The molecule has 9 heterocycles. The van der Waals surface area contributed by atoms with Crippen LogP contribution < -0.4 is 21.4 Å². The van der Waals surface area contributed by atoms with Crippen LogP contribution in [0.15, 0.2) is 399 Å². The predicted molar refractivity (Wildman–Crippen MR) is 631 cm³/mol. The fourth-order valence-electron chi connectivity index (χ4n) is 21.7. The summed E-state index contributed by atoms with van der Waals surface area (Å²) >= 11 is 9.63. The number of halogens is 2. The van der Waals surface area contributed by atoms with Crippen molar-refractivity contribution in [1.29, 1.82) is 0 Å². The Bertz CT molecular complexity index is 9260. The molecule has 20 aromatic carbocycles. The Morgan fingerprint density at radius 3 is 0.779 bits per heavy atom. The van der Waals surface area contributed by atoms with Crippen LogP contribution >= 0.6 is 35.5 Å².